The molecule has 1 amide bonds. The summed E-state index contributed by atoms with van der Waals surface area (Å²) in [5.74, 6) is 0.586. The number of carbonyl (C=O) groups is 1. The third-order valence-corrected chi connectivity index (χ3v) is 6.51. The van der Waals surface area contributed by atoms with Crippen LogP contribution in [-0.4, -0.2) is 28.5 Å². The highest BCUT2D eigenvalue weighted by molar-refractivity contribution is 5.99. The topological polar surface area (TPSA) is 42.3 Å². The first-order valence-electron chi connectivity index (χ1n) is 10.9. The molecule has 4 nitrogen and oxygen atoms in total. The van der Waals surface area contributed by atoms with Gasteiger partial charge in [-0.15, -0.1) is 0 Å². The Hall–Kier alpha value is -3.40. The van der Waals surface area contributed by atoms with Crippen LogP contribution in [0, 0.1) is 12.8 Å². The number of pyridine rings is 1. The van der Waals surface area contributed by atoms with E-state index in [2.05, 4.69) is 31.2 Å². The van der Waals surface area contributed by atoms with Gasteiger partial charge < -0.3 is 9.47 Å². The third-order valence-electron chi connectivity index (χ3n) is 6.51. The number of benzene rings is 2. The minimum atomic E-state index is 0.0425. The summed E-state index contributed by atoms with van der Waals surface area (Å²) in [6.07, 6.45) is 2.83. The zero-order chi connectivity index (χ0) is 21.4. The van der Waals surface area contributed by atoms with Crippen LogP contribution in [0.2, 0.25) is 0 Å². The van der Waals surface area contributed by atoms with E-state index in [1.165, 1.54) is 5.56 Å². The fourth-order valence-electron chi connectivity index (χ4n) is 4.98. The summed E-state index contributed by atoms with van der Waals surface area (Å²) < 4.78 is 1.90. The number of fused-ring (bicyclic) bond motifs is 4. The van der Waals surface area contributed by atoms with E-state index in [9.17, 15) is 9.59 Å². The number of hydrogen-bond acceptors (Lipinski definition) is 2. The largest absolute Gasteiger partial charge is 0.338 e. The van der Waals surface area contributed by atoms with Crippen molar-refractivity contribution in [2.45, 2.75) is 25.8 Å². The Kier molecular flexibility index (Phi) is 5.06. The number of hydrogen-bond donors (Lipinski definition) is 0. The average Bonchev–Trinajstić information content (AvgIpc) is 2.79. The Morgan fingerprint density at radius 1 is 0.871 bits per heavy atom. The molecule has 2 aliphatic rings. The van der Waals surface area contributed by atoms with Crippen molar-refractivity contribution >= 4 is 11.5 Å². The minimum Gasteiger partial charge on any atom is -0.338 e. The summed E-state index contributed by atoms with van der Waals surface area (Å²) in [5, 5.41) is 0. The van der Waals surface area contributed by atoms with Crippen LogP contribution < -0.4 is 5.56 Å². The molecule has 0 saturated carbocycles. The van der Waals surface area contributed by atoms with Crippen LogP contribution in [0.4, 0.5) is 0 Å². The summed E-state index contributed by atoms with van der Waals surface area (Å²) in [5.41, 5.74) is 5.34. The van der Waals surface area contributed by atoms with E-state index in [0.29, 0.717) is 25.6 Å². The second kappa shape index (κ2) is 8.03. The summed E-state index contributed by atoms with van der Waals surface area (Å²) in [6.45, 7) is 4.12. The van der Waals surface area contributed by atoms with Gasteiger partial charge in [0, 0.05) is 43.4 Å². The first kappa shape index (κ1) is 19.6. The zero-order valence-corrected chi connectivity index (χ0v) is 17.7. The van der Waals surface area contributed by atoms with Crippen molar-refractivity contribution in [3.8, 4) is 0 Å². The molecule has 0 radical (unpaired) electrons. The van der Waals surface area contributed by atoms with Crippen molar-refractivity contribution in [3.63, 3.8) is 0 Å². The molecular formula is C27H26N2O2. The fraction of sp³-hybridized carbons (Fsp3) is 0.259. The number of carbonyl (C=O) groups excluding carboxylic acids is 1. The van der Waals surface area contributed by atoms with Gasteiger partial charge in [-0.25, -0.2) is 0 Å². The second-order valence-corrected chi connectivity index (χ2v) is 8.73. The number of aromatic nitrogens is 1. The number of rotatable bonds is 3. The van der Waals surface area contributed by atoms with Crippen molar-refractivity contribution < 1.29 is 4.79 Å². The summed E-state index contributed by atoms with van der Waals surface area (Å²) >= 11 is 0. The Balaban J connectivity index is 1.47. The van der Waals surface area contributed by atoms with Crippen LogP contribution in [0.5, 0.6) is 0 Å². The number of aryl methyl sites for hydroxylation is 1. The minimum absolute atomic E-state index is 0.0425. The molecular weight excluding hydrogens is 384 g/mol. The lowest BCUT2D eigenvalue weighted by Gasteiger charge is -2.42. The van der Waals surface area contributed by atoms with E-state index in [-0.39, 0.29) is 17.4 Å². The average molecular weight is 411 g/mol. The van der Waals surface area contributed by atoms with Gasteiger partial charge in [0.2, 0.25) is 5.91 Å². The van der Waals surface area contributed by atoms with Gasteiger partial charge in [0.15, 0.2) is 0 Å². The highest BCUT2D eigenvalue weighted by Gasteiger charge is 2.35. The molecule has 2 aromatic carbocycles. The molecule has 2 aliphatic heterocycles. The number of amides is 1. The van der Waals surface area contributed by atoms with Crippen LogP contribution >= 0.6 is 0 Å². The van der Waals surface area contributed by atoms with Crippen LogP contribution in [0.1, 0.15) is 34.7 Å². The first-order chi connectivity index (χ1) is 15.1. The van der Waals surface area contributed by atoms with Gasteiger partial charge in [-0.05, 0) is 42.0 Å². The highest BCUT2D eigenvalue weighted by atomic mass is 16.2. The maximum absolute atomic E-state index is 13.4. The third kappa shape index (κ3) is 3.86. The van der Waals surface area contributed by atoms with Crippen molar-refractivity contribution in [1.29, 1.82) is 0 Å². The van der Waals surface area contributed by atoms with Crippen molar-refractivity contribution in [3.05, 3.63) is 112 Å². The molecule has 0 aliphatic carbocycles. The van der Waals surface area contributed by atoms with E-state index in [1.807, 2.05) is 51.9 Å². The van der Waals surface area contributed by atoms with Gasteiger partial charge in [0.25, 0.3) is 5.56 Å². The molecule has 2 atom stereocenters. The summed E-state index contributed by atoms with van der Waals surface area (Å²) in [7, 11) is 0. The molecule has 5 rings (SSSR count). The zero-order valence-electron chi connectivity index (χ0n) is 17.7. The second-order valence-electron chi connectivity index (χ2n) is 8.73. The van der Waals surface area contributed by atoms with E-state index in [4.69, 9.17) is 0 Å². The van der Waals surface area contributed by atoms with E-state index >= 15 is 0 Å². The normalized spacial score (nSPS) is 20.3. The van der Waals surface area contributed by atoms with Gasteiger partial charge >= 0.3 is 0 Å². The van der Waals surface area contributed by atoms with Crippen LogP contribution in [0.3, 0.4) is 0 Å². The maximum atomic E-state index is 13.4. The molecule has 2 unspecified atom stereocenters. The predicted octanol–water partition coefficient (Wildman–Crippen LogP) is 4.23. The number of likely N-dealkylation sites (tertiary alicyclic amines) is 1. The monoisotopic (exact) mass is 410 g/mol. The lowest BCUT2D eigenvalue weighted by molar-refractivity contribution is -0.128. The molecule has 1 fully saturated rings. The maximum Gasteiger partial charge on any atom is 0.250 e. The molecule has 156 valence electrons. The standard InChI is InChI=1S/C27H26N2O2/c1-19-10-12-22(13-11-19)24(21-6-3-2-4-7-21)15-27(31)28-16-20-14-23(18-28)25-8-5-9-26(30)29(25)17-20/h2-13,15,20,23H,14,16-18H2,1H3. The lowest BCUT2D eigenvalue weighted by Crippen LogP contribution is -2.48. The first-order valence-corrected chi connectivity index (χ1v) is 10.9. The van der Waals surface area contributed by atoms with Gasteiger partial charge in [-0.1, -0.05) is 66.2 Å². The Morgan fingerprint density at radius 2 is 1.61 bits per heavy atom. The fourth-order valence-corrected chi connectivity index (χ4v) is 4.98. The van der Waals surface area contributed by atoms with Crippen molar-refractivity contribution in [2.24, 2.45) is 5.92 Å². The van der Waals surface area contributed by atoms with Crippen LogP contribution in [0.25, 0.3) is 5.57 Å². The molecule has 1 aromatic heterocycles. The molecule has 0 N–H and O–H groups in total. The van der Waals surface area contributed by atoms with Crippen LogP contribution in [-0.2, 0) is 11.3 Å². The lowest BCUT2D eigenvalue weighted by atomic mass is 9.83. The van der Waals surface area contributed by atoms with Gasteiger partial charge in [0.1, 0.15) is 0 Å². The summed E-state index contributed by atoms with van der Waals surface area (Å²) in [4.78, 5) is 27.6. The SMILES string of the molecule is Cc1ccc(C(=CC(=O)N2CC3CC(C2)c2cccc(=O)n2C3)c2ccccc2)cc1. The predicted molar refractivity (Wildman–Crippen MR) is 123 cm³/mol. The molecule has 3 heterocycles. The quantitative estimate of drug-likeness (QED) is 0.607. The van der Waals surface area contributed by atoms with E-state index in [1.54, 1.807) is 12.1 Å². The van der Waals surface area contributed by atoms with Crippen molar-refractivity contribution in [2.75, 3.05) is 13.1 Å². The smallest absolute Gasteiger partial charge is 0.250 e. The molecule has 0 spiro atoms. The van der Waals surface area contributed by atoms with Crippen molar-refractivity contribution in [1.82, 2.24) is 9.47 Å². The number of piperidine rings is 1. The van der Waals surface area contributed by atoms with E-state index in [0.717, 1.165) is 28.8 Å². The Morgan fingerprint density at radius 3 is 2.39 bits per heavy atom. The number of nitrogens with zero attached hydrogens (tertiary/aromatic N) is 2. The molecule has 31 heavy (non-hydrogen) atoms. The summed E-state index contributed by atoms with van der Waals surface area (Å²) in [6, 6.07) is 23.9. The van der Waals surface area contributed by atoms with Gasteiger partial charge in [-0.3, -0.25) is 9.59 Å². The molecule has 4 heteroatoms. The Bertz CT molecular complexity index is 1190. The van der Waals surface area contributed by atoms with Crippen LogP contribution in [0.15, 0.2) is 83.7 Å². The molecule has 1 saturated heterocycles. The van der Waals surface area contributed by atoms with E-state index < -0.39 is 0 Å². The molecule has 3 aromatic rings. The Labute approximate surface area is 182 Å². The highest BCUT2D eigenvalue weighted by Crippen LogP contribution is 2.35. The van der Waals surface area contributed by atoms with Gasteiger partial charge in [-0.2, -0.15) is 0 Å². The molecule has 2 bridgehead atoms. The van der Waals surface area contributed by atoms with Gasteiger partial charge in [0.05, 0.1) is 0 Å².